The van der Waals surface area contributed by atoms with E-state index in [-0.39, 0.29) is 0 Å². The summed E-state index contributed by atoms with van der Waals surface area (Å²) < 4.78 is 0. The number of hydrogen-bond donors (Lipinski definition) is 3. The maximum absolute atomic E-state index is 5.66. The van der Waals surface area contributed by atoms with Gasteiger partial charge in [0.05, 0.1) is 0 Å². The monoisotopic (exact) mass is 265 g/mol. The van der Waals surface area contributed by atoms with Crippen LogP contribution in [-0.4, -0.2) is 4.98 Å². The van der Waals surface area contributed by atoms with Gasteiger partial charge in [0.2, 0.25) is 0 Å². The first kappa shape index (κ1) is 12.9. The Balaban J connectivity index is 1.65. The summed E-state index contributed by atoms with van der Waals surface area (Å²) in [6.45, 7) is 2.31. The minimum atomic E-state index is 0.594. The maximum atomic E-state index is 5.66. The molecular weight excluding hydrogens is 246 g/mol. The Morgan fingerprint density at radius 2 is 1.80 bits per heavy atom. The number of para-hydroxylation sites is 1. The van der Waals surface area contributed by atoms with Crippen LogP contribution in [0.5, 0.6) is 0 Å². The van der Waals surface area contributed by atoms with Crippen LogP contribution in [0.15, 0.2) is 54.7 Å². The first-order chi connectivity index (χ1) is 9.86. The van der Waals surface area contributed by atoms with Crippen molar-refractivity contribution in [1.82, 2.24) is 10.3 Å². The number of nitrogens with one attached hydrogen (secondary N) is 2. The van der Waals surface area contributed by atoms with Gasteiger partial charge < -0.3 is 16.0 Å². The third-order valence-corrected chi connectivity index (χ3v) is 3.55. The molecule has 2 aromatic carbocycles. The van der Waals surface area contributed by atoms with Gasteiger partial charge in [-0.1, -0.05) is 42.5 Å². The molecule has 3 rings (SSSR count). The van der Waals surface area contributed by atoms with E-state index in [0.717, 1.165) is 13.1 Å². The van der Waals surface area contributed by atoms with E-state index in [1.54, 1.807) is 0 Å². The molecule has 1 heterocycles. The second-order valence-corrected chi connectivity index (χ2v) is 4.99. The average molecular weight is 265 g/mol. The van der Waals surface area contributed by atoms with Crippen molar-refractivity contribution in [2.75, 3.05) is 0 Å². The van der Waals surface area contributed by atoms with Crippen molar-refractivity contribution in [1.29, 1.82) is 0 Å². The van der Waals surface area contributed by atoms with Gasteiger partial charge in [-0.3, -0.25) is 0 Å². The van der Waals surface area contributed by atoms with Crippen LogP contribution in [0.3, 0.4) is 0 Å². The van der Waals surface area contributed by atoms with Crippen molar-refractivity contribution in [3.05, 3.63) is 71.4 Å². The van der Waals surface area contributed by atoms with Crippen molar-refractivity contribution < 1.29 is 0 Å². The van der Waals surface area contributed by atoms with Crippen molar-refractivity contribution in [3.63, 3.8) is 0 Å². The van der Waals surface area contributed by atoms with Crippen molar-refractivity contribution in [2.24, 2.45) is 5.73 Å². The molecule has 0 aliphatic rings. The fourth-order valence-corrected chi connectivity index (χ4v) is 2.49. The van der Waals surface area contributed by atoms with Gasteiger partial charge in [-0.2, -0.15) is 0 Å². The number of aromatic amines is 1. The second-order valence-electron chi connectivity index (χ2n) is 4.99. The Morgan fingerprint density at radius 1 is 0.950 bits per heavy atom. The molecule has 3 aromatic rings. The Hall–Kier alpha value is -2.10. The quantitative estimate of drug-likeness (QED) is 0.664. The molecule has 0 unspecified atom stereocenters. The number of fused-ring (bicyclic) bond motifs is 1. The number of benzene rings is 2. The summed E-state index contributed by atoms with van der Waals surface area (Å²) in [5.74, 6) is 0. The Bertz CT molecular complexity index is 700. The average Bonchev–Trinajstić information content (AvgIpc) is 2.91. The van der Waals surface area contributed by atoms with Gasteiger partial charge >= 0.3 is 0 Å². The van der Waals surface area contributed by atoms with Crippen LogP contribution >= 0.6 is 0 Å². The topological polar surface area (TPSA) is 53.8 Å². The molecule has 0 bridgehead atoms. The van der Waals surface area contributed by atoms with Gasteiger partial charge in [0.15, 0.2) is 0 Å². The molecule has 102 valence electrons. The molecule has 0 aliphatic carbocycles. The largest absolute Gasteiger partial charge is 0.361 e. The zero-order valence-corrected chi connectivity index (χ0v) is 11.4. The van der Waals surface area contributed by atoms with E-state index < -0.39 is 0 Å². The van der Waals surface area contributed by atoms with Gasteiger partial charge in [-0.25, -0.2) is 0 Å². The third-order valence-electron chi connectivity index (χ3n) is 3.55. The van der Waals surface area contributed by atoms with Crippen LogP contribution in [0.4, 0.5) is 0 Å². The van der Waals surface area contributed by atoms with E-state index in [1.165, 1.54) is 27.6 Å². The van der Waals surface area contributed by atoms with Crippen molar-refractivity contribution >= 4 is 10.9 Å². The summed E-state index contributed by atoms with van der Waals surface area (Å²) in [4.78, 5) is 3.30. The predicted octanol–water partition coefficient (Wildman–Crippen LogP) is 2.92. The molecule has 0 saturated carbocycles. The lowest BCUT2D eigenvalue weighted by Crippen LogP contribution is -2.12. The highest BCUT2D eigenvalue weighted by Gasteiger charge is 2.02. The lowest BCUT2D eigenvalue weighted by atomic mass is 10.1. The lowest BCUT2D eigenvalue weighted by molar-refractivity contribution is 0.695. The van der Waals surface area contributed by atoms with Crippen LogP contribution in [0.25, 0.3) is 10.9 Å². The molecule has 0 atom stereocenters. The first-order valence-electron chi connectivity index (χ1n) is 6.90. The predicted molar refractivity (Wildman–Crippen MR) is 83.2 cm³/mol. The van der Waals surface area contributed by atoms with E-state index in [4.69, 9.17) is 5.73 Å². The van der Waals surface area contributed by atoms with Gasteiger partial charge in [0.25, 0.3) is 0 Å². The third kappa shape index (κ3) is 2.74. The van der Waals surface area contributed by atoms with E-state index in [2.05, 4.69) is 59.0 Å². The number of hydrogen-bond acceptors (Lipinski definition) is 2. The van der Waals surface area contributed by atoms with Crippen molar-refractivity contribution in [2.45, 2.75) is 19.6 Å². The minimum Gasteiger partial charge on any atom is -0.361 e. The highest BCUT2D eigenvalue weighted by Crippen LogP contribution is 2.17. The lowest BCUT2D eigenvalue weighted by Gasteiger charge is -2.06. The van der Waals surface area contributed by atoms with Crippen LogP contribution in [0, 0.1) is 0 Å². The molecule has 20 heavy (non-hydrogen) atoms. The zero-order valence-electron chi connectivity index (χ0n) is 11.4. The molecule has 3 nitrogen and oxygen atoms in total. The van der Waals surface area contributed by atoms with Gasteiger partial charge in [0, 0.05) is 36.7 Å². The highest BCUT2D eigenvalue weighted by atomic mass is 14.9. The molecule has 4 N–H and O–H groups in total. The second kappa shape index (κ2) is 5.90. The molecule has 1 aromatic heterocycles. The summed E-state index contributed by atoms with van der Waals surface area (Å²) >= 11 is 0. The molecule has 0 amide bonds. The Kier molecular flexibility index (Phi) is 3.81. The van der Waals surface area contributed by atoms with E-state index >= 15 is 0 Å². The summed E-state index contributed by atoms with van der Waals surface area (Å²) in [6, 6.07) is 16.8. The van der Waals surface area contributed by atoms with Gasteiger partial charge in [0.1, 0.15) is 0 Å². The van der Waals surface area contributed by atoms with Gasteiger partial charge in [-0.15, -0.1) is 0 Å². The van der Waals surface area contributed by atoms with Crippen molar-refractivity contribution in [3.8, 4) is 0 Å². The van der Waals surface area contributed by atoms with Crippen LogP contribution in [0.2, 0.25) is 0 Å². The first-order valence-corrected chi connectivity index (χ1v) is 6.90. The molecule has 0 saturated heterocycles. The SMILES string of the molecule is NCc1cccc(CNCc2c[nH]c3ccccc23)c1. The smallest absolute Gasteiger partial charge is 0.0457 e. The fraction of sp³-hybridized carbons (Fsp3) is 0.176. The molecule has 0 spiro atoms. The molecule has 3 heteroatoms. The number of nitrogens with two attached hydrogens (primary N) is 1. The van der Waals surface area contributed by atoms with E-state index in [0.29, 0.717) is 6.54 Å². The highest BCUT2D eigenvalue weighted by molar-refractivity contribution is 5.82. The molecule has 0 fully saturated rings. The summed E-state index contributed by atoms with van der Waals surface area (Å²) in [6.07, 6.45) is 2.08. The van der Waals surface area contributed by atoms with Crippen LogP contribution in [-0.2, 0) is 19.6 Å². The Morgan fingerprint density at radius 3 is 2.70 bits per heavy atom. The maximum Gasteiger partial charge on any atom is 0.0457 e. The number of rotatable bonds is 5. The van der Waals surface area contributed by atoms with Crippen LogP contribution in [0.1, 0.15) is 16.7 Å². The fourth-order valence-electron chi connectivity index (χ4n) is 2.49. The number of aromatic nitrogens is 1. The molecule has 0 aliphatic heterocycles. The normalized spacial score (nSPS) is 11.1. The zero-order chi connectivity index (χ0) is 13.8. The summed E-state index contributed by atoms with van der Waals surface area (Å²) in [5.41, 5.74) is 10.6. The van der Waals surface area contributed by atoms with E-state index in [1.807, 2.05) is 6.07 Å². The minimum absolute atomic E-state index is 0.594. The van der Waals surface area contributed by atoms with Crippen LogP contribution < -0.4 is 11.1 Å². The van der Waals surface area contributed by atoms with E-state index in [9.17, 15) is 0 Å². The van der Waals surface area contributed by atoms with Gasteiger partial charge in [-0.05, 0) is 22.8 Å². The number of H-pyrrole nitrogens is 1. The molecular formula is C17H19N3. The Labute approximate surface area is 118 Å². The standard InChI is InChI=1S/C17H19N3/c18-9-13-4-3-5-14(8-13)10-19-11-15-12-20-17-7-2-1-6-16(15)17/h1-8,12,19-20H,9-11,18H2. The summed E-state index contributed by atoms with van der Waals surface area (Å²) in [7, 11) is 0. The molecule has 0 radical (unpaired) electrons. The summed E-state index contributed by atoms with van der Waals surface area (Å²) in [5, 5.41) is 4.77.